The highest BCUT2D eigenvalue weighted by Gasteiger charge is 2.40. The number of aromatic nitrogens is 1. The molecule has 2 heterocycles. The minimum atomic E-state index is -0.724. The van der Waals surface area contributed by atoms with Crippen LogP contribution in [0.1, 0.15) is 45.8 Å². The van der Waals surface area contributed by atoms with E-state index in [0.29, 0.717) is 25.4 Å². The number of carboxylic acids is 1. The van der Waals surface area contributed by atoms with Crippen molar-refractivity contribution in [1.29, 1.82) is 0 Å². The summed E-state index contributed by atoms with van der Waals surface area (Å²) in [5, 5.41) is 9.20. The van der Waals surface area contributed by atoms with Gasteiger partial charge < -0.3 is 9.52 Å². The van der Waals surface area contributed by atoms with Gasteiger partial charge in [0, 0.05) is 12.0 Å². The van der Waals surface area contributed by atoms with Crippen molar-refractivity contribution >= 4 is 5.97 Å². The summed E-state index contributed by atoms with van der Waals surface area (Å²) in [5.41, 5.74) is -0.689. The van der Waals surface area contributed by atoms with E-state index in [1.807, 2.05) is 0 Å². The zero-order valence-electron chi connectivity index (χ0n) is 12.1. The van der Waals surface area contributed by atoms with Crippen molar-refractivity contribution in [3.63, 3.8) is 0 Å². The molecule has 1 N–H and O–H groups in total. The van der Waals surface area contributed by atoms with Crippen molar-refractivity contribution in [2.45, 2.75) is 46.1 Å². The molecule has 1 atom stereocenters. The van der Waals surface area contributed by atoms with Crippen LogP contribution in [0.15, 0.2) is 10.6 Å². The molecule has 1 aliphatic rings. The molecule has 106 valence electrons. The normalized spacial score (nSPS) is 24.8. The Hall–Kier alpha value is -1.36. The summed E-state index contributed by atoms with van der Waals surface area (Å²) in [6, 6.07) is 0. The molecule has 1 saturated heterocycles. The summed E-state index contributed by atoms with van der Waals surface area (Å²) < 4.78 is 5.74. The number of aliphatic carboxylic acids is 1. The van der Waals surface area contributed by atoms with Crippen LogP contribution in [0, 0.1) is 5.41 Å². The Morgan fingerprint density at radius 1 is 1.58 bits per heavy atom. The van der Waals surface area contributed by atoms with Gasteiger partial charge in [0.2, 0.25) is 5.89 Å². The average molecular weight is 266 g/mol. The van der Waals surface area contributed by atoms with Crippen LogP contribution >= 0.6 is 0 Å². The molecule has 1 fully saturated rings. The van der Waals surface area contributed by atoms with Gasteiger partial charge in [0.1, 0.15) is 5.76 Å². The Labute approximate surface area is 113 Å². The van der Waals surface area contributed by atoms with E-state index in [1.165, 1.54) is 0 Å². The minimum Gasteiger partial charge on any atom is -0.481 e. The van der Waals surface area contributed by atoms with Crippen LogP contribution in [-0.2, 0) is 16.8 Å². The largest absolute Gasteiger partial charge is 0.481 e. The first-order chi connectivity index (χ1) is 8.71. The van der Waals surface area contributed by atoms with E-state index in [4.69, 9.17) is 4.42 Å². The minimum absolute atomic E-state index is 0.0498. The Kier molecular flexibility index (Phi) is 3.43. The third-order valence-electron chi connectivity index (χ3n) is 3.72. The maximum absolute atomic E-state index is 11.2. The number of carbonyl (C=O) groups is 1. The molecule has 19 heavy (non-hydrogen) atoms. The van der Waals surface area contributed by atoms with Crippen molar-refractivity contribution in [1.82, 2.24) is 9.88 Å². The van der Waals surface area contributed by atoms with Gasteiger partial charge in [0.15, 0.2) is 0 Å². The number of hydrogen-bond donors (Lipinski definition) is 1. The summed E-state index contributed by atoms with van der Waals surface area (Å²) in [6.45, 7) is 9.94. The average Bonchev–Trinajstić information content (AvgIpc) is 2.86. The van der Waals surface area contributed by atoms with Gasteiger partial charge in [0.05, 0.1) is 18.2 Å². The summed E-state index contributed by atoms with van der Waals surface area (Å²) >= 11 is 0. The molecule has 2 rings (SSSR count). The smallest absolute Gasteiger partial charge is 0.310 e. The van der Waals surface area contributed by atoms with Gasteiger partial charge in [-0.2, -0.15) is 0 Å². The molecule has 0 bridgehead atoms. The van der Waals surface area contributed by atoms with Crippen molar-refractivity contribution in [3.8, 4) is 0 Å². The standard InChI is InChI=1S/C14H22N2O3/c1-13(2,3)10-7-15-11(19-10)8-16-6-5-14(4,9-16)12(17)18/h7H,5-6,8-9H2,1-4H3,(H,17,18). The molecule has 5 nitrogen and oxygen atoms in total. The lowest BCUT2D eigenvalue weighted by Gasteiger charge is -2.19. The molecule has 0 aromatic carbocycles. The van der Waals surface area contributed by atoms with Crippen LogP contribution in [0.2, 0.25) is 0 Å². The van der Waals surface area contributed by atoms with E-state index in [1.54, 1.807) is 13.1 Å². The zero-order chi connectivity index (χ0) is 14.3. The molecule has 1 aliphatic heterocycles. The Bertz CT molecular complexity index is 475. The van der Waals surface area contributed by atoms with Crippen LogP contribution in [0.25, 0.3) is 0 Å². The predicted octanol–water partition coefficient (Wildman–Crippen LogP) is 2.27. The fourth-order valence-corrected chi connectivity index (χ4v) is 2.29. The number of rotatable bonds is 3. The van der Waals surface area contributed by atoms with Crippen LogP contribution < -0.4 is 0 Å². The maximum atomic E-state index is 11.2. The van der Waals surface area contributed by atoms with E-state index >= 15 is 0 Å². The van der Waals surface area contributed by atoms with E-state index in [-0.39, 0.29) is 5.41 Å². The quantitative estimate of drug-likeness (QED) is 0.909. The number of nitrogens with zero attached hydrogens (tertiary/aromatic N) is 2. The van der Waals surface area contributed by atoms with Crippen LogP contribution in [0.5, 0.6) is 0 Å². The Morgan fingerprint density at radius 3 is 2.74 bits per heavy atom. The van der Waals surface area contributed by atoms with Crippen molar-refractivity contribution in [2.75, 3.05) is 13.1 Å². The second-order valence-electron chi connectivity index (χ2n) is 6.69. The summed E-state index contributed by atoms with van der Waals surface area (Å²) in [7, 11) is 0. The molecule has 0 amide bonds. The third kappa shape index (κ3) is 2.97. The first-order valence-electron chi connectivity index (χ1n) is 6.62. The molecule has 0 saturated carbocycles. The molecular weight excluding hydrogens is 244 g/mol. The van der Waals surface area contributed by atoms with E-state index in [9.17, 15) is 9.90 Å². The fourth-order valence-electron chi connectivity index (χ4n) is 2.29. The second kappa shape index (κ2) is 4.63. The number of carboxylic acid groups (broad SMARTS) is 1. The van der Waals surface area contributed by atoms with Gasteiger partial charge in [-0.1, -0.05) is 20.8 Å². The van der Waals surface area contributed by atoms with Crippen LogP contribution in [0.4, 0.5) is 0 Å². The summed E-state index contributed by atoms with van der Waals surface area (Å²) in [6.07, 6.45) is 2.44. The first-order valence-corrected chi connectivity index (χ1v) is 6.62. The molecule has 0 radical (unpaired) electrons. The molecule has 1 unspecified atom stereocenters. The molecule has 1 aromatic rings. The van der Waals surface area contributed by atoms with Gasteiger partial charge in [-0.3, -0.25) is 9.69 Å². The van der Waals surface area contributed by atoms with Gasteiger partial charge >= 0.3 is 5.97 Å². The monoisotopic (exact) mass is 266 g/mol. The van der Waals surface area contributed by atoms with Gasteiger partial charge in [-0.05, 0) is 19.9 Å². The van der Waals surface area contributed by atoms with E-state index < -0.39 is 11.4 Å². The van der Waals surface area contributed by atoms with Gasteiger partial charge in [0.25, 0.3) is 0 Å². The SMILES string of the molecule is CC1(C(=O)O)CCN(Cc2ncc(C(C)(C)C)o2)C1. The lowest BCUT2D eigenvalue weighted by atomic mass is 9.90. The predicted molar refractivity (Wildman–Crippen MR) is 70.8 cm³/mol. The number of likely N-dealkylation sites (tertiary alicyclic amines) is 1. The summed E-state index contributed by atoms with van der Waals surface area (Å²) in [4.78, 5) is 17.6. The molecule has 5 heteroatoms. The van der Waals surface area contributed by atoms with Crippen molar-refractivity contribution < 1.29 is 14.3 Å². The lowest BCUT2D eigenvalue weighted by molar-refractivity contribution is -0.147. The number of hydrogen-bond acceptors (Lipinski definition) is 4. The Morgan fingerprint density at radius 2 is 2.26 bits per heavy atom. The van der Waals surface area contributed by atoms with Crippen LogP contribution in [-0.4, -0.2) is 34.0 Å². The summed E-state index contributed by atoms with van der Waals surface area (Å²) in [5.74, 6) is 0.806. The first kappa shape index (κ1) is 14.1. The second-order valence-corrected chi connectivity index (χ2v) is 6.69. The zero-order valence-corrected chi connectivity index (χ0v) is 12.1. The van der Waals surface area contributed by atoms with Crippen molar-refractivity contribution in [2.24, 2.45) is 5.41 Å². The lowest BCUT2D eigenvalue weighted by Crippen LogP contribution is -2.31. The highest BCUT2D eigenvalue weighted by Crippen LogP contribution is 2.31. The fraction of sp³-hybridized carbons (Fsp3) is 0.714. The van der Waals surface area contributed by atoms with E-state index in [2.05, 4.69) is 30.7 Å². The van der Waals surface area contributed by atoms with Crippen LogP contribution in [0.3, 0.4) is 0 Å². The molecule has 1 aromatic heterocycles. The van der Waals surface area contributed by atoms with E-state index in [0.717, 1.165) is 12.3 Å². The van der Waals surface area contributed by atoms with Gasteiger partial charge in [-0.15, -0.1) is 0 Å². The topological polar surface area (TPSA) is 66.6 Å². The highest BCUT2D eigenvalue weighted by atomic mass is 16.4. The number of oxazole rings is 1. The maximum Gasteiger partial charge on any atom is 0.310 e. The molecular formula is C14H22N2O3. The van der Waals surface area contributed by atoms with Gasteiger partial charge in [-0.25, -0.2) is 4.98 Å². The Balaban J connectivity index is 2.00. The highest BCUT2D eigenvalue weighted by molar-refractivity contribution is 5.74. The third-order valence-corrected chi connectivity index (χ3v) is 3.72. The molecule has 0 spiro atoms. The van der Waals surface area contributed by atoms with Crippen molar-refractivity contribution in [3.05, 3.63) is 17.8 Å². The molecule has 0 aliphatic carbocycles.